The molecule has 0 nitrogen and oxygen atoms in total. The van der Waals surface area contributed by atoms with E-state index in [0.717, 1.165) is 48.5 Å². The number of fused-ring (bicyclic) bond motifs is 3. The molecule has 8 rings (SSSR count). The first-order valence-corrected chi connectivity index (χ1v) is 22.7. The molecule has 0 spiro atoms. The van der Waals surface area contributed by atoms with Crippen LogP contribution >= 0.6 is 0 Å². The molecule has 66 heavy (non-hydrogen) atoms. The molecular weight excluding hydrogens is 961 g/mol. The molecule has 0 N–H and O–H groups in total. The van der Waals surface area contributed by atoms with Crippen molar-refractivity contribution in [3.05, 3.63) is 195 Å². The molecule has 0 aromatic heterocycles. The van der Waals surface area contributed by atoms with Crippen molar-refractivity contribution in [3.8, 4) is 22.3 Å². The van der Waals surface area contributed by atoms with E-state index in [1.165, 1.54) is 113 Å². The van der Waals surface area contributed by atoms with Crippen LogP contribution in [0.1, 0.15) is 89.8 Å². The SMILES string of the molecule is CCC1[C-]=CC(C(C)(C)C)=C1.Cc1cc(C)c(-c2ccc3c(c2)[cH-]c2cc(-c4c(C)cc(C)cc4C)ccc23)c(C)c1.FC(F)(F)c1cccc([C](=[Zr+2])c2cccc(C(F)(F)F)c2)c1.[Cl-].[Cl-]. The van der Waals surface area contributed by atoms with Crippen molar-refractivity contribution in [3.63, 3.8) is 0 Å². The molecule has 0 bridgehead atoms. The second-order valence-corrected chi connectivity index (χ2v) is 19.3. The Balaban J connectivity index is 0.000000238. The summed E-state index contributed by atoms with van der Waals surface area (Å²) in [6, 6.07) is 34.6. The van der Waals surface area contributed by atoms with Gasteiger partial charge in [0.25, 0.3) is 0 Å². The molecule has 0 heterocycles. The Morgan fingerprint density at radius 2 is 0.970 bits per heavy atom. The van der Waals surface area contributed by atoms with E-state index in [4.69, 9.17) is 0 Å². The fourth-order valence-electron chi connectivity index (χ4n) is 8.68. The van der Waals surface area contributed by atoms with Gasteiger partial charge in [-0.05, 0) is 74.9 Å². The predicted octanol–water partition coefficient (Wildman–Crippen LogP) is 11.1. The minimum absolute atomic E-state index is 0. The van der Waals surface area contributed by atoms with Crippen molar-refractivity contribution in [1.29, 1.82) is 0 Å². The maximum Gasteiger partial charge on any atom is -1.00 e. The van der Waals surface area contributed by atoms with Crippen LogP contribution in [0.2, 0.25) is 0 Å². The quantitative estimate of drug-likeness (QED) is 0.119. The molecule has 1 atom stereocenters. The summed E-state index contributed by atoms with van der Waals surface area (Å²) in [4.78, 5) is 0. The Kier molecular flexibility index (Phi) is 17.8. The maximum atomic E-state index is 12.7. The van der Waals surface area contributed by atoms with Gasteiger partial charge in [0.1, 0.15) is 0 Å². The van der Waals surface area contributed by atoms with Crippen LogP contribution in [0.4, 0.5) is 26.3 Å². The summed E-state index contributed by atoms with van der Waals surface area (Å²) < 4.78 is 76.7. The van der Waals surface area contributed by atoms with Crippen LogP contribution in [0, 0.1) is 59.0 Å². The Hall–Kier alpha value is -4.42. The molecule has 0 aliphatic heterocycles. The van der Waals surface area contributed by atoms with E-state index in [1.54, 1.807) is 0 Å². The molecule has 1 aliphatic carbocycles. The van der Waals surface area contributed by atoms with Gasteiger partial charge in [-0.2, -0.15) is 11.6 Å². The molecular formula is C57H54Cl2F6Zr-2. The summed E-state index contributed by atoms with van der Waals surface area (Å²) in [7, 11) is 0. The van der Waals surface area contributed by atoms with Gasteiger partial charge in [-0.3, -0.25) is 6.08 Å². The first kappa shape index (κ1) is 54.2. The van der Waals surface area contributed by atoms with Crippen LogP contribution in [-0.2, 0) is 36.6 Å². The molecule has 9 heteroatoms. The summed E-state index contributed by atoms with van der Waals surface area (Å²) >= 11 is 0.729. The summed E-state index contributed by atoms with van der Waals surface area (Å²) in [6.07, 6.45) is 0.0304. The van der Waals surface area contributed by atoms with E-state index < -0.39 is 23.5 Å². The Morgan fingerprint density at radius 1 is 0.576 bits per heavy atom. The number of hydrogen-bond acceptors (Lipinski definition) is 0. The topological polar surface area (TPSA) is 0 Å². The average molecular weight is 1020 g/mol. The molecule has 344 valence electrons. The van der Waals surface area contributed by atoms with Gasteiger partial charge in [0.2, 0.25) is 0 Å². The zero-order valence-electron chi connectivity index (χ0n) is 38.9. The smallest absolute Gasteiger partial charge is 1.00 e. The second-order valence-electron chi connectivity index (χ2n) is 18.0. The largest absolute Gasteiger partial charge is 1.00 e. The molecule has 7 aromatic rings. The number of rotatable bonds is 5. The number of hydrogen-bond donors (Lipinski definition) is 0. The third-order valence-electron chi connectivity index (χ3n) is 11.7. The Morgan fingerprint density at radius 3 is 1.29 bits per heavy atom. The average Bonchev–Trinajstić information content (AvgIpc) is 3.85. The molecule has 7 aromatic carbocycles. The molecule has 1 unspecified atom stereocenters. The zero-order valence-corrected chi connectivity index (χ0v) is 42.9. The van der Waals surface area contributed by atoms with E-state index in [-0.39, 0.29) is 35.9 Å². The van der Waals surface area contributed by atoms with Crippen LogP contribution in [0.3, 0.4) is 0 Å². The van der Waals surface area contributed by atoms with Crippen molar-refractivity contribution in [2.75, 3.05) is 0 Å². The minimum atomic E-state index is -4.49. The Labute approximate surface area is 413 Å². The molecule has 1 aliphatic rings. The van der Waals surface area contributed by atoms with Crippen molar-refractivity contribution in [1.82, 2.24) is 0 Å². The summed E-state index contributed by atoms with van der Waals surface area (Å²) in [5.41, 5.74) is 14.0. The van der Waals surface area contributed by atoms with Crippen LogP contribution < -0.4 is 24.8 Å². The summed E-state index contributed by atoms with van der Waals surface area (Å²) in [6.45, 7) is 22.2. The van der Waals surface area contributed by atoms with Crippen LogP contribution in [0.25, 0.3) is 43.8 Å². The van der Waals surface area contributed by atoms with E-state index in [0.29, 0.717) is 14.5 Å². The summed E-state index contributed by atoms with van der Waals surface area (Å²) in [5, 5.41) is 5.32. The van der Waals surface area contributed by atoms with E-state index in [9.17, 15) is 26.3 Å². The third kappa shape index (κ3) is 12.8. The maximum absolute atomic E-state index is 12.7. The Bertz CT molecular complexity index is 2700. The number of allylic oxidation sites excluding steroid dienone is 4. The fourth-order valence-corrected chi connectivity index (χ4v) is 9.45. The van der Waals surface area contributed by atoms with Crippen molar-refractivity contribution < 1.29 is 75.4 Å². The number of aryl methyl sites for hydroxylation is 6. The summed E-state index contributed by atoms with van der Waals surface area (Å²) in [5.74, 6) is 0.573. The van der Waals surface area contributed by atoms with Crippen molar-refractivity contribution in [2.24, 2.45) is 11.3 Å². The molecule has 0 saturated heterocycles. The predicted molar refractivity (Wildman–Crippen MR) is 252 cm³/mol. The van der Waals surface area contributed by atoms with Gasteiger partial charge in [0.05, 0.1) is 0 Å². The molecule has 0 radical (unpaired) electrons. The number of benzene rings is 6. The zero-order chi connectivity index (χ0) is 46.9. The van der Waals surface area contributed by atoms with Gasteiger partial charge in [0.15, 0.2) is 0 Å². The standard InChI is InChI=1S/C31H29.C15H8F6.C11H17.2ClH.Zr/c1-18-11-20(3)30(21(4)12-18)24-7-9-28-26(15-24)17-27-16-25(8-10-29(27)28)31-22(5)13-19(2)14-23(31)6;16-14(17,18)12-5-1-3-10(8-12)7-11-4-2-6-13(9-11)15(19,20)21;1-5-9-6-7-10(8-9)11(2,3)4;;;/h7-17H,1-6H3;1-6,8-9H;7-9H,5H2,1-4H3;2*1H;/q-1;;-1;;;+2/p-2. The number of halogens is 8. The van der Waals surface area contributed by atoms with Gasteiger partial charge in [-0.15, -0.1) is 39.7 Å². The van der Waals surface area contributed by atoms with Crippen LogP contribution in [0.15, 0.2) is 133 Å². The van der Waals surface area contributed by atoms with Gasteiger partial charge in [0, 0.05) is 0 Å². The second kappa shape index (κ2) is 21.7. The van der Waals surface area contributed by atoms with E-state index in [2.05, 4.69) is 154 Å². The van der Waals surface area contributed by atoms with Crippen LogP contribution in [0.5, 0.6) is 0 Å². The van der Waals surface area contributed by atoms with Gasteiger partial charge < -0.3 is 24.8 Å². The molecule has 0 fully saturated rings. The van der Waals surface area contributed by atoms with Gasteiger partial charge in [-0.1, -0.05) is 116 Å². The molecule has 0 amide bonds. The third-order valence-corrected chi connectivity index (χ3v) is 13.2. The first-order valence-electron chi connectivity index (χ1n) is 21.5. The van der Waals surface area contributed by atoms with E-state index >= 15 is 0 Å². The first-order chi connectivity index (χ1) is 29.9. The molecule has 0 saturated carbocycles. The van der Waals surface area contributed by atoms with Crippen molar-refractivity contribution in [2.45, 2.75) is 88.0 Å². The van der Waals surface area contributed by atoms with Crippen molar-refractivity contribution >= 4 is 24.8 Å². The van der Waals surface area contributed by atoms with E-state index in [1.807, 2.05) is 0 Å². The monoisotopic (exact) mass is 1010 g/mol. The minimum Gasteiger partial charge on any atom is -1.00 e. The van der Waals surface area contributed by atoms with Gasteiger partial charge in [-0.25, -0.2) is 6.08 Å². The van der Waals surface area contributed by atoms with Crippen LogP contribution in [-0.4, -0.2) is 3.21 Å². The fraction of sp³-hybridized carbons (Fsp3) is 0.263. The number of alkyl halides is 6. The van der Waals surface area contributed by atoms with Gasteiger partial charge >= 0.3 is 137 Å². The normalized spacial score (nSPS) is 13.5.